The van der Waals surface area contributed by atoms with Crippen LogP contribution in [0.2, 0.25) is 0 Å². The van der Waals surface area contributed by atoms with Gasteiger partial charge >= 0.3 is 0 Å². The lowest BCUT2D eigenvalue weighted by atomic mass is 10.2. The normalized spacial score (nSPS) is 10.4. The van der Waals surface area contributed by atoms with E-state index in [1.807, 2.05) is 0 Å². The highest BCUT2D eigenvalue weighted by atomic mass is 79.9. The smallest absolute Gasteiger partial charge is 0.259 e. The molecule has 20 heavy (non-hydrogen) atoms. The number of halogens is 4. The number of nitrogens with one attached hydrogen (secondary N) is 1. The lowest BCUT2D eigenvalue weighted by Gasteiger charge is -2.09. The molecule has 104 valence electrons. The van der Waals surface area contributed by atoms with Crippen molar-refractivity contribution in [2.45, 2.75) is 0 Å². The summed E-state index contributed by atoms with van der Waals surface area (Å²) in [5, 5.41) is 2.15. The van der Waals surface area contributed by atoms with Gasteiger partial charge in [-0.25, -0.2) is 13.2 Å². The molecule has 2 aromatic carbocycles. The molecule has 0 aliphatic carbocycles. The molecule has 3 N–H and O–H groups in total. The molecule has 7 heteroatoms. The minimum absolute atomic E-state index is 0.213. The van der Waals surface area contributed by atoms with Crippen molar-refractivity contribution < 1.29 is 18.0 Å². The first-order chi connectivity index (χ1) is 9.40. The Labute approximate surface area is 120 Å². The molecule has 0 bridgehead atoms. The zero-order chi connectivity index (χ0) is 14.9. The number of rotatable bonds is 2. The van der Waals surface area contributed by atoms with Crippen LogP contribution in [0.4, 0.5) is 24.5 Å². The van der Waals surface area contributed by atoms with E-state index in [1.165, 1.54) is 12.1 Å². The molecule has 0 radical (unpaired) electrons. The third-order valence-electron chi connectivity index (χ3n) is 2.52. The molecule has 2 rings (SSSR count). The van der Waals surface area contributed by atoms with E-state index in [1.54, 1.807) is 0 Å². The van der Waals surface area contributed by atoms with Gasteiger partial charge in [-0.3, -0.25) is 4.79 Å². The van der Waals surface area contributed by atoms with Gasteiger partial charge in [0.2, 0.25) is 0 Å². The van der Waals surface area contributed by atoms with E-state index in [9.17, 15) is 18.0 Å². The van der Waals surface area contributed by atoms with E-state index in [4.69, 9.17) is 5.73 Å². The molecule has 0 saturated carbocycles. The van der Waals surface area contributed by atoms with Gasteiger partial charge in [-0.1, -0.05) is 6.07 Å². The first kappa shape index (κ1) is 14.4. The van der Waals surface area contributed by atoms with Crippen molar-refractivity contribution in [1.82, 2.24) is 0 Å². The molecule has 2 aromatic rings. The van der Waals surface area contributed by atoms with Gasteiger partial charge in [0, 0.05) is 10.5 Å². The van der Waals surface area contributed by atoms with Crippen LogP contribution in [-0.2, 0) is 0 Å². The molecule has 0 atom stereocenters. The van der Waals surface area contributed by atoms with Gasteiger partial charge in [-0.15, -0.1) is 0 Å². The summed E-state index contributed by atoms with van der Waals surface area (Å²) in [6, 6.07) is 5.44. The van der Waals surface area contributed by atoms with Crippen LogP contribution in [-0.4, -0.2) is 5.91 Å². The predicted octanol–water partition coefficient (Wildman–Crippen LogP) is 3.70. The van der Waals surface area contributed by atoms with Gasteiger partial charge < -0.3 is 11.1 Å². The van der Waals surface area contributed by atoms with Gasteiger partial charge in [0.25, 0.3) is 5.91 Å². The number of benzene rings is 2. The van der Waals surface area contributed by atoms with Gasteiger partial charge in [0.15, 0.2) is 0 Å². The van der Waals surface area contributed by atoms with E-state index >= 15 is 0 Å². The summed E-state index contributed by atoms with van der Waals surface area (Å²) in [4.78, 5) is 11.9. The third kappa shape index (κ3) is 2.77. The van der Waals surface area contributed by atoms with E-state index in [-0.39, 0.29) is 21.4 Å². The Bertz CT molecular complexity index is 671. The van der Waals surface area contributed by atoms with Crippen molar-refractivity contribution in [1.29, 1.82) is 0 Å². The number of amides is 1. The van der Waals surface area contributed by atoms with Gasteiger partial charge in [0.05, 0.1) is 16.9 Å². The highest BCUT2D eigenvalue weighted by Crippen LogP contribution is 2.24. The second kappa shape index (κ2) is 5.54. The van der Waals surface area contributed by atoms with Crippen LogP contribution in [0.3, 0.4) is 0 Å². The van der Waals surface area contributed by atoms with Crippen LogP contribution in [0.5, 0.6) is 0 Å². The van der Waals surface area contributed by atoms with Gasteiger partial charge in [0.1, 0.15) is 17.5 Å². The van der Waals surface area contributed by atoms with Gasteiger partial charge in [-0.05, 0) is 34.1 Å². The Morgan fingerprint density at radius 3 is 2.45 bits per heavy atom. The van der Waals surface area contributed by atoms with Crippen LogP contribution in [0.15, 0.2) is 34.8 Å². The third-order valence-corrected chi connectivity index (χ3v) is 3.19. The number of anilines is 2. The lowest BCUT2D eigenvalue weighted by Crippen LogP contribution is -2.16. The zero-order valence-corrected chi connectivity index (χ0v) is 11.5. The Balaban J connectivity index is 2.35. The molecule has 0 aromatic heterocycles. The summed E-state index contributed by atoms with van der Waals surface area (Å²) < 4.78 is 40.3. The maximum Gasteiger partial charge on any atom is 0.259 e. The molecule has 0 fully saturated rings. The van der Waals surface area contributed by atoms with E-state index in [0.29, 0.717) is 6.07 Å². The average Bonchev–Trinajstić information content (AvgIpc) is 2.35. The van der Waals surface area contributed by atoms with Crippen molar-refractivity contribution >= 4 is 33.2 Å². The highest BCUT2D eigenvalue weighted by molar-refractivity contribution is 9.10. The molecular formula is C13H8BrF3N2O. The van der Waals surface area contributed by atoms with E-state index < -0.39 is 23.4 Å². The largest absolute Gasteiger partial charge is 0.396 e. The minimum Gasteiger partial charge on any atom is -0.396 e. The molecule has 0 aliphatic heterocycles. The Morgan fingerprint density at radius 2 is 1.80 bits per heavy atom. The Kier molecular flexibility index (Phi) is 3.99. The standard InChI is InChI=1S/C13H8BrF3N2O/c14-6-2-1-3-7(15)12(6)13(20)19-11-5-10(18)8(16)4-9(11)17/h1-5H,18H2,(H,19,20). The SMILES string of the molecule is Nc1cc(NC(=O)c2c(F)cccc2Br)c(F)cc1F. The fourth-order valence-electron chi connectivity index (χ4n) is 1.56. The second-order valence-electron chi connectivity index (χ2n) is 3.90. The molecule has 0 unspecified atom stereocenters. The predicted molar refractivity (Wildman–Crippen MR) is 72.8 cm³/mol. The molecule has 3 nitrogen and oxygen atoms in total. The van der Waals surface area contributed by atoms with Crippen molar-refractivity contribution in [3.63, 3.8) is 0 Å². The number of carbonyl (C=O) groups excluding carboxylic acids is 1. The average molecular weight is 345 g/mol. The molecule has 0 aliphatic rings. The first-order valence-corrected chi connectivity index (χ1v) is 6.19. The summed E-state index contributed by atoms with van der Waals surface area (Å²) in [7, 11) is 0. The maximum absolute atomic E-state index is 13.6. The number of carbonyl (C=O) groups is 1. The minimum atomic E-state index is -1.00. The van der Waals surface area contributed by atoms with Crippen LogP contribution >= 0.6 is 15.9 Å². The summed E-state index contributed by atoms with van der Waals surface area (Å²) in [6.07, 6.45) is 0. The van der Waals surface area contributed by atoms with Crippen LogP contribution in [0.1, 0.15) is 10.4 Å². The molecule has 0 heterocycles. The molecule has 1 amide bonds. The fraction of sp³-hybridized carbons (Fsp3) is 0. The number of nitrogen functional groups attached to an aromatic ring is 1. The van der Waals surface area contributed by atoms with E-state index in [2.05, 4.69) is 21.2 Å². The Hall–Kier alpha value is -2.02. The Morgan fingerprint density at radius 1 is 1.10 bits per heavy atom. The van der Waals surface area contributed by atoms with Gasteiger partial charge in [-0.2, -0.15) is 0 Å². The topological polar surface area (TPSA) is 55.1 Å². The van der Waals surface area contributed by atoms with Crippen molar-refractivity contribution in [2.75, 3.05) is 11.1 Å². The van der Waals surface area contributed by atoms with Crippen LogP contribution in [0.25, 0.3) is 0 Å². The molecular weight excluding hydrogens is 337 g/mol. The molecule has 0 saturated heterocycles. The second-order valence-corrected chi connectivity index (χ2v) is 4.76. The maximum atomic E-state index is 13.6. The summed E-state index contributed by atoms with van der Waals surface area (Å²) >= 11 is 3.03. The summed E-state index contributed by atoms with van der Waals surface area (Å²) in [5.41, 5.74) is 4.35. The van der Waals surface area contributed by atoms with E-state index in [0.717, 1.165) is 12.1 Å². The summed E-state index contributed by atoms with van der Waals surface area (Å²) in [5.74, 6) is -3.59. The molecule has 0 spiro atoms. The monoisotopic (exact) mass is 344 g/mol. The van der Waals surface area contributed by atoms with Crippen LogP contribution < -0.4 is 11.1 Å². The lowest BCUT2D eigenvalue weighted by molar-refractivity contribution is 0.102. The quantitative estimate of drug-likeness (QED) is 0.816. The van der Waals surface area contributed by atoms with Crippen molar-refractivity contribution in [2.24, 2.45) is 0 Å². The van der Waals surface area contributed by atoms with Crippen molar-refractivity contribution in [3.05, 3.63) is 57.8 Å². The number of hydrogen-bond donors (Lipinski definition) is 2. The number of nitrogens with two attached hydrogens (primary N) is 1. The summed E-state index contributed by atoms with van der Waals surface area (Å²) in [6.45, 7) is 0. The van der Waals surface area contributed by atoms with Crippen LogP contribution in [0, 0.1) is 17.5 Å². The highest BCUT2D eigenvalue weighted by Gasteiger charge is 2.17. The first-order valence-electron chi connectivity index (χ1n) is 5.40. The fourth-order valence-corrected chi connectivity index (χ4v) is 2.08. The van der Waals surface area contributed by atoms with Crippen molar-refractivity contribution in [3.8, 4) is 0 Å². The number of hydrogen-bond acceptors (Lipinski definition) is 2. The zero-order valence-electron chi connectivity index (χ0n) is 9.88.